The van der Waals surface area contributed by atoms with Gasteiger partial charge in [0.15, 0.2) is 0 Å². The SMILES string of the molecule is CNCCOc1ccc2c(c1)CCC(=O)N2. The zero-order valence-electron chi connectivity index (χ0n) is 9.38. The van der Waals surface area contributed by atoms with Gasteiger partial charge in [0.1, 0.15) is 12.4 Å². The molecule has 0 spiro atoms. The first kappa shape index (κ1) is 11.0. The van der Waals surface area contributed by atoms with Crippen molar-refractivity contribution in [2.45, 2.75) is 12.8 Å². The molecule has 0 saturated heterocycles. The molecule has 0 atom stereocenters. The van der Waals surface area contributed by atoms with Crippen LogP contribution in [0.1, 0.15) is 12.0 Å². The van der Waals surface area contributed by atoms with E-state index in [0.29, 0.717) is 13.0 Å². The first-order valence-corrected chi connectivity index (χ1v) is 5.50. The number of hydrogen-bond donors (Lipinski definition) is 2. The summed E-state index contributed by atoms with van der Waals surface area (Å²) in [5.74, 6) is 0.960. The second-order valence-electron chi connectivity index (χ2n) is 3.82. The summed E-state index contributed by atoms with van der Waals surface area (Å²) in [6.45, 7) is 1.48. The number of hydrogen-bond acceptors (Lipinski definition) is 3. The molecule has 2 N–H and O–H groups in total. The summed E-state index contributed by atoms with van der Waals surface area (Å²) < 4.78 is 5.56. The molecule has 1 aromatic rings. The van der Waals surface area contributed by atoms with Gasteiger partial charge in [-0.1, -0.05) is 0 Å². The first-order chi connectivity index (χ1) is 7.79. The molecule has 0 fully saturated rings. The van der Waals surface area contributed by atoms with Crippen LogP contribution in [0.4, 0.5) is 5.69 Å². The summed E-state index contributed by atoms with van der Waals surface area (Å²) in [4.78, 5) is 11.2. The van der Waals surface area contributed by atoms with Crippen molar-refractivity contribution in [3.63, 3.8) is 0 Å². The van der Waals surface area contributed by atoms with E-state index in [1.165, 1.54) is 0 Å². The van der Waals surface area contributed by atoms with Gasteiger partial charge in [-0.05, 0) is 37.2 Å². The highest BCUT2D eigenvalue weighted by molar-refractivity contribution is 5.93. The van der Waals surface area contributed by atoms with Crippen LogP contribution >= 0.6 is 0 Å². The maximum atomic E-state index is 11.2. The Hall–Kier alpha value is -1.55. The number of anilines is 1. The number of ether oxygens (including phenoxy) is 1. The summed E-state index contributed by atoms with van der Waals surface area (Å²) in [6.07, 6.45) is 1.36. The first-order valence-electron chi connectivity index (χ1n) is 5.50. The van der Waals surface area contributed by atoms with Gasteiger partial charge in [0.25, 0.3) is 0 Å². The Morgan fingerprint density at radius 2 is 2.31 bits per heavy atom. The van der Waals surface area contributed by atoms with Crippen molar-refractivity contribution < 1.29 is 9.53 Å². The van der Waals surface area contributed by atoms with Gasteiger partial charge in [-0.3, -0.25) is 4.79 Å². The van der Waals surface area contributed by atoms with Gasteiger partial charge >= 0.3 is 0 Å². The fourth-order valence-electron chi connectivity index (χ4n) is 1.72. The van der Waals surface area contributed by atoms with E-state index in [4.69, 9.17) is 4.74 Å². The van der Waals surface area contributed by atoms with Gasteiger partial charge in [-0.2, -0.15) is 0 Å². The maximum Gasteiger partial charge on any atom is 0.224 e. The van der Waals surface area contributed by atoms with Crippen LogP contribution in [-0.2, 0) is 11.2 Å². The molecule has 1 aliphatic rings. The Morgan fingerprint density at radius 1 is 1.44 bits per heavy atom. The number of aryl methyl sites for hydroxylation is 1. The van der Waals surface area contributed by atoms with Crippen LogP contribution in [0.25, 0.3) is 0 Å². The Labute approximate surface area is 95.0 Å². The lowest BCUT2D eigenvalue weighted by Gasteiger charge is -2.17. The molecule has 1 aliphatic heterocycles. The zero-order valence-corrected chi connectivity index (χ0v) is 9.38. The van der Waals surface area contributed by atoms with Crippen LogP contribution in [0.15, 0.2) is 18.2 Å². The molecule has 2 rings (SSSR count). The predicted octanol–water partition coefficient (Wildman–Crippen LogP) is 1.17. The Kier molecular flexibility index (Phi) is 3.41. The largest absolute Gasteiger partial charge is 0.492 e. The van der Waals surface area contributed by atoms with E-state index >= 15 is 0 Å². The third-order valence-corrected chi connectivity index (χ3v) is 2.59. The van der Waals surface area contributed by atoms with Gasteiger partial charge < -0.3 is 15.4 Å². The molecule has 0 saturated carbocycles. The van der Waals surface area contributed by atoms with Crippen LogP contribution < -0.4 is 15.4 Å². The molecule has 1 amide bonds. The van der Waals surface area contributed by atoms with E-state index in [-0.39, 0.29) is 5.91 Å². The highest BCUT2D eigenvalue weighted by Gasteiger charge is 2.14. The highest BCUT2D eigenvalue weighted by Crippen LogP contribution is 2.26. The van der Waals surface area contributed by atoms with E-state index in [1.807, 2.05) is 25.2 Å². The van der Waals surface area contributed by atoms with Gasteiger partial charge in [-0.15, -0.1) is 0 Å². The normalized spacial score (nSPS) is 14.2. The Morgan fingerprint density at radius 3 is 3.12 bits per heavy atom. The van der Waals surface area contributed by atoms with Crippen LogP contribution in [0.5, 0.6) is 5.75 Å². The minimum absolute atomic E-state index is 0.0938. The topological polar surface area (TPSA) is 50.4 Å². The van der Waals surface area contributed by atoms with Crippen molar-refractivity contribution in [1.82, 2.24) is 5.32 Å². The van der Waals surface area contributed by atoms with Crippen LogP contribution in [-0.4, -0.2) is 26.1 Å². The third-order valence-electron chi connectivity index (χ3n) is 2.59. The second kappa shape index (κ2) is 4.99. The molecule has 4 nitrogen and oxygen atoms in total. The Bertz CT molecular complexity index is 391. The minimum atomic E-state index is 0.0938. The van der Waals surface area contributed by atoms with Crippen molar-refractivity contribution >= 4 is 11.6 Å². The van der Waals surface area contributed by atoms with Crippen molar-refractivity contribution in [3.05, 3.63) is 23.8 Å². The van der Waals surface area contributed by atoms with Crippen LogP contribution in [0, 0.1) is 0 Å². The van der Waals surface area contributed by atoms with E-state index in [9.17, 15) is 4.79 Å². The third kappa shape index (κ3) is 2.52. The molecule has 0 aliphatic carbocycles. The lowest BCUT2D eigenvalue weighted by atomic mass is 10.0. The molecule has 0 unspecified atom stereocenters. The van der Waals surface area contributed by atoms with Crippen molar-refractivity contribution in [3.8, 4) is 5.75 Å². The highest BCUT2D eigenvalue weighted by atomic mass is 16.5. The number of amides is 1. The summed E-state index contributed by atoms with van der Waals surface area (Å²) in [5, 5.41) is 5.87. The number of carbonyl (C=O) groups is 1. The van der Waals surface area contributed by atoms with Crippen molar-refractivity contribution in [1.29, 1.82) is 0 Å². The summed E-state index contributed by atoms with van der Waals surface area (Å²) in [6, 6.07) is 5.80. The molecule has 86 valence electrons. The molecular formula is C12H16N2O2. The lowest BCUT2D eigenvalue weighted by molar-refractivity contribution is -0.116. The van der Waals surface area contributed by atoms with Gasteiger partial charge in [0.05, 0.1) is 0 Å². The Balaban J connectivity index is 2.04. The van der Waals surface area contributed by atoms with Gasteiger partial charge in [0.2, 0.25) is 5.91 Å². The molecule has 16 heavy (non-hydrogen) atoms. The van der Waals surface area contributed by atoms with Gasteiger partial charge in [0, 0.05) is 18.7 Å². The average Bonchev–Trinajstić information content (AvgIpc) is 2.29. The smallest absolute Gasteiger partial charge is 0.224 e. The van der Waals surface area contributed by atoms with Crippen molar-refractivity contribution in [2.24, 2.45) is 0 Å². The van der Waals surface area contributed by atoms with E-state index in [1.54, 1.807) is 0 Å². The van der Waals surface area contributed by atoms with E-state index in [2.05, 4.69) is 10.6 Å². The number of likely N-dealkylation sites (N-methyl/N-ethyl adjacent to an activating group) is 1. The van der Waals surface area contributed by atoms with E-state index in [0.717, 1.165) is 30.0 Å². The number of benzene rings is 1. The second-order valence-corrected chi connectivity index (χ2v) is 3.82. The number of fused-ring (bicyclic) bond motifs is 1. The van der Waals surface area contributed by atoms with Gasteiger partial charge in [-0.25, -0.2) is 0 Å². The number of nitrogens with one attached hydrogen (secondary N) is 2. The molecule has 1 aromatic carbocycles. The average molecular weight is 220 g/mol. The molecule has 4 heteroatoms. The standard InChI is InChI=1S/C12H16N2O2/c1-13-6-7-16-10-3-4-11-9(8-10)2-5-12(15)14-11/h3-4,8,13H,2,5-7H2,1H3,(H,14,15). The number of carbonyl (C=O) groups excluding carboxylic acids is 1. The molecule has 1 heterocycles. The molecule has 0 aromatic heterocycles. The summed E-state index contributed by atoms with van der Waals surface area (Å²) >= 11 is 0. The summed E-state index contributed by atoms with van der Waals surface area (Å²) in [7, 11) is 1.89. The lowest BCUT2D eigenvalue weighted by Crippen LogP contribution is -2.19. The fourth-order valence-corrected chi connectivity index (χ4v) is 1.72. The monoisotopic (exact) mass is 220 g/mol. The summed E-state index contributed by atoms with van der Waals surface area (Å²) in [5.41, 5.74) is 2.07. The van der Waals surface area contributed by atoms with Crippen molar-refractivity contribution in [2.75, 3.05) is 25.5 Å². The van der Waals surface area contributed by atoms with Crippen LogP contribution in [0.2, 0.25) is 0 Å². The predicted molar refractivity (Wildman–Crippen MR) is 62.8 cm³/mol. The van der Waals surface area contributed by atoms with E-state index < -0.39 is 0 Å². The molecular weight excluding hydrogens is 204 g/mol. The minimum Gasteiger partial charge on any atom is -0.492 e. The zero-order chi connectivity index (χ0) is 11.4. The molecule has 0 bridgehead atoms. The number of rotatable bonds is 4. The quantitative estimate of drug-likeness (QED) is 0.749. The molecule has 0 radical (unpaired) electrons. The van der Waals surface area contributed by atoms with Crippen LogP contribution in [0.3, 0.4) is 0 Å². The fraction of sp³-hybridized carbons (Fsp3) is 0.417. The maximum absolute atomic E-state index is 11.2.